The van der Waals surface area contributed by atoms with Gasteiger partial charge in [-0.25, -0.2) is 0 Å². The van der Waals surface area contributed by atoms with E-state index >= 15 is 0 Å². The van der Waals surface area contributed by atoms with E-state index in [0.29, 0.717) is 10.7 Å². The Hall–Kier alpha value is -1.87. The summed E-state index contributed by atoms with van der Waals surface area (Å²) in [6.45, 7) is 8.61. The summed E-state index contributed by atoms with van der Waals surface area (Å²) in [5, 5.41) is 0. The van der Waals surface area contributed by atoms with Crippen LogP contribution in [0, 0.1) is 6.92 Å². The van der Waals surface area contributed by atoms with Gasteiger partial charge in [-0.2, -0.15) is 0 Å². The van der Waals surface area contributed by atoms with Crippen LogP contribution in [-0.2, 0) is 5.41 Å². The fourth-order valence-corrected chi connectivity index (χ4v) is 2.37. The Morgan fingerprint density at radius 2 is 1.71 bits per heavy atom. The molecular formula is C18H21NOS. The molecule has 0 bridgehead atoms. The lowest BCUT2D eigenvalue weighted by molar-refractivity contribution is 0.454. The van der Waals surface area contributed by atoms with Crippen LogP contribution in [0.3, 0.4) is 0 Å². The van der Waals surface area contributed by atoms with Gasteiger partial charge in [0.1, 0.15) is 16.5 Å². The molecule has 21 heavy (non-hydrogen) atoms. The van der Waals surface area contributed by atoms with Crippen molar-refractivity contribution >= 4 is 17.2 Å². The van der Waals surface area contributed by atoms with Gasteiger partial charge in [0.05, 0.1) is 5.56 Å². The van der Waals surface area contributed by atoms with Gasteiger partial charge in [0.2, 0.25) is 0 Å². The van der Waals surface area contributed by atoms with E-state index in [4.69, 9.17) is 22.7 Å². The number of aryl methyl sites for hydroxylation is 1. The lowest BCUT2D eigenvalue weighted by Gasteiger charge is -2.23. The Morgan fingerprint density at radius 3 is 2.33 bits per heavy atom. The average molecular weight is 299 g/mol. The molecule has 0 heterocycles. The van der Waals surface area contributed by atoms with Crippen molar-refractivity contribution in [3.63, 3.8) is 0 Å². The first-order valence-electron chi connectivity index (χ1n) is 6.97. The summed E-state index contributed by atoms with van der Waals surface area (Å²) in [5.74, 6) is 1.54. The number of rotatable bonds is 3. The van der Waals surface area contributed by atoms with Crippen molar-refractivity contribution < 1.29 is 4.74 Å². The van der Waals surface area contributed by atoms with E-state index in [0.717, 1.165) is 11.3 Å². The molecule has 2 nitrogen and oxygen atoms in total. The van der Waals surface area contributed by atoms with Gasteiger partial charge in [-0.1, -0.05) is 62.8 Å². The molecule has 110 valence electrons. The van der Waals surface area contributed by atoms with Crippen molar-refractivity contribution in [3.8, 4) is 11.5 Å². The van der Waals surface area contributed by atoms with E-state index in [1.165, 1.54) is 11.1 Å². The van der Waals surface area contributed by atoms with Crippen LogP contribution < -0.4 is 10.5 Å². The molecule has 2 aromatic rings. The van der Waals surface area contributed by atoms with E-state index < -0.39 is 0 Å². The summed E-state index contributed by atoms with van der Waals surface area (Å²) < 4.78 is 6.12. The standard InChI is InChI=1S/C18H21NOS/c1-12-9-10-16(14(11-12)18(2,3)4)20-15-8-6-5-7-13(15)17(19)21/h5-11H,1-4H3,(H2,19,21). The molecule has 0 aliphatic carbocycles. The summed E-state index contributed by atoms with van der Waals surface area (Å²) >= 11 is 5.09. The normalized spacial score (nSPS) is 11.2. The summed E-state index contributed by atoms with van der Waals surface area (Å²) in [5.41, 5.74) is 8.91. The van der Waals surface area contributed by atoms with E-state index in [2.05, 4.69) is 33.8 Å². The largest absolute Gasteiger partial charge is 0.456 e. The van der Waals surface area contributed by atoms with Gasteiger partial charge >= 0.3 is 0 Å². The molecule has 0 aliphatic heterocycles. The number of thiocarbonyl (C=S) groups is 1. The molecule has 3 heteroatoms. The summed E-state index contributed by atoms with van der Waals surface area (Å²) in [4.78, 5) is 0.343. The van der Waals surface area contributed by atoms with E-state index in [1.807, 2.05) is 36.4 Å². The molecule has 0 saturated heterocycles. The van der Waals surface area contributed by atoms with Crippen molar-refractivity contribution in [2.45, 2.75) is 33.1 Å². The molecule has 2 aromatic carbocycles. The van der Waals surface area contributed by atoms with E-state index in [-0.39, 0.29) is 5.41 Å². The minimum atomic E-state index is -0.000476. The summed E-state index contributed by atoms with van der Waals surface area (Å²) in [6, 6.07) is 13.8. The van der Waals surface area contributed by atoms with Crippen LogP contribution in [0.2, 0.25) is 0 Å². The number of hydrogen-bond acceptors (Lipinski definition) is 2. The molecule has 0 saturated carbocycles. The summed E-state index contributed by atoms with van der Waals surface area (Å²) in [7, 11) is 0. The van der Waals surface area contributed by atoms with Crippen LogP contribution in [0.4, 0.5) is 0 Å². The van der Waals surface area contributed by atoms with Gasteiger partial charge in [0.25, 0.3) is 0 Å². The first-order valence-corrected chi connectivity index (χ1v) is 7.37. The quantitative estimate of drug-likeness (QED) is 0.833. The third-order valence-electron chi connectivity index (χ3n) is 3.32. The zero-order valence-electron chi connectivity index (χ0n) is 12.9. The second-order valence-corrected chi connectivity index (χ2v) is 6.65. The minimum Gasteiger partial charge on any atom is -0.456 e. The smallest absolute Gasteiger partial charge is 0.137 e. The highest BCUT2D eigenvalue weighted by Gasteiger charge is 2.20. The molecule has 2 rings (SSSR count). The van der Waals surface area contributed by atoms with Gasteiger partial charge in [-0.05, 0) is 30.5 Å². The van der Waals surface area contributed by atoms with Gasteiger partial charge in [0.15, 0.2) is 0 Å². The van der Waals surface area contributed by atoms with Crippen molar-refractivity contribution in [2.24, 2.45) is 5.73 Å². The fourth-order valence-electron chi connectivity index (χ4n) is 2.20. The Labute approximate surface area is 131 Å². The molecule has 0 fully saturated rings. The average Bonchev–Trinajstić information content (AvgIpc) is 2.40. The Morgan fingerprint density at radius 1 is 1.05 bits per heavy atom. The number of hydrogen-bond donors (Lipinski definition) is 1. The summed E-state index contributed by atoms with van der Waals surface area (Å²) in [6.07, 6.45) is 0. The predicted octanol–water partition coefficient (Wildman–Crippen LogP) is 4.72. The van der Waals surface area contributed by atoms with Crippen molar-refractivity contribution in [2.75, 3.05) is 0 Å². The first-order chi connectivity index (χ1) is 9.79. The number of benzene rings is 2. The highest BCUT2D eigenvalue weighted by atomic mass is 32.1. The minimum absolute atomic E-state index is 0.000476. The highest BCUT2D eigenvalue weighted by molar-refractivity contribution is 7.80. The van der Waals surface area contributed by atoms with Crippen LogP contribution in [0.5, 0.6) is 11.5 Å². The van der Waals surface area contributed by atoms with E-state index in [1.54, 1.807) is 0 Å². The maximum atomic E-state index is 6.12. The first kappa shape index (κ1) is 15.5. The lowest BCUT2D eigenvalue weighted by atomic mass is 9.85. The zero-order valence-corrected chi connectivity index (χ0v) is 13.8. The lowest BCUT2D eigenvalue weighted by Crippen LogP contribution is -2.14. The molecule has 0 spiro atoms. The third-order valence-corrected chi connectivity index (χ3v) is 3.54. The van der Waals surface area contributed by atoms with Gasteiger partial charge in [-0.15, -0.1) is 0 Å². The molecule has 0 radical (unpaired) electrons. The van der Waals surface area contributed by atoms with Crippen LogP contribution in [0.1, 0.15) is 37.5 Å². The zero-order chi connectivity index (χ0) is 15.6. The van der Waals surface area contributed by atoms with Crippen molar-refractivity contribution in [1.82, 2.24) is 0 Å². The third kappa shape index (κ3) is 3.61. The molecule has 0 atom stereocenters. The Kier molecular flexibility index (Phi) is 4.33. The Bertz CT molecular complexity index is 671. The predicted molar refractivity (Wildman–Crippen MR) is 92.3 cm³/mol. The maximum Gasteiger partial charge on any atom is 0.137 e. The van der Waals surface area contributed by atoms with Crippen LogP contribution in [-0.4, -0.2) is 4.99 Å². The number of nitrogens with two attached hydrogens (primary N) is 1. The van der Waals surface area contributed by atoms with Crippen LogP contribution >= 0.6 is 12.2 Å². The molecule has 2 N–H and O–H groups in total. The molecular weight excluding hydrogens is 278 g/mol. The molecule has 0 aliphatic rings. The van der Waals surface area contributed by atoms with Gasteiger partial charge in [-0.3, -0.25) is 0 Å². The monoisotopic (exact) mass is 299 g/mol. The van der Waals surface area contributed by atoms with Gasteiger partial charge < -0.3 is 10.5 Å². The van der Waals surface area contributed by atoms with E-state index in [9.17, 15) is 0 Å². The van der Waals surface area contributed by atoms with Crippen molar-refractivity contribution in [3.05, 3.63) is 59.2 Å². The Balaban J connectivity index is 2.48. The van der Waals surface area contributed by atoms with Crippen molar-refractivity contribution in [1.29, 1.82) is 0 Å². The maximum absolute atomic E-state index is 6.12. The fraction of sp³-hybridized carbons (Fsp3) is 0.278. The molecule has 0 amide bonds. The topological polar surface area (TPSA) is 35.2 Å². The molecule has 0 aromatic heterocycles. The van der Waals surface area contributed by atoms with Gasteiger partial charge in [0, 0.05) is 5.56 Å². The second-order valence-electron chi connectivity index (χ2n) is 6.21. The van der Waals surface area contributed by atoms with Crippen LogP contribution in [0.15, 0.2) is 42.5 Å². The van der Waals surface area contributed by atoms with Crippen LogP contribution in [0.25, 0.3) is 0 Å². The SMILES string of the molecule is Cc1ccc(Oc2ccccc2C(N)=S)c(C(C)(C)C)c1. The number of ether oxygens (including phenoxy) is 1. The number of para-hydroxylation sites is 1. The highest BCUT2D eigenvalue weighted by Crippen LogP contribution is 2.35. The molecule has 0 unspecified atom stereocenters. The second kappa shape index (κ2) is 5.86.